The van der Waals surface area contributed by atoms with Crippen LogP contribution in [0.5, 0.6) is 0 Å². The van der Waals surface area contributed by atoms with E-state index in [4.69, 9.17) is 4.74 Å². The average Bonchev–Trinajstić information content (AvgIpc) is 3.73. The fourth-order valence-corrected chi connectivity index (χ4v) is 6.35. The Labute approximate surface area is 305 Å². The van der Waals surface area contributed by atoms with E-state index < -0.39 is 0 Å². The van der Waals surface area contributed by atoms with Crippen LogP contribution in [0.1, 0.15) is 37.7 Å². The van der Waals surface area contributed by atoms with Crippen LogP contribution in [0.3, 0.4) is 0 Å². The van der Waals surface area contributed by atoms with Gasteiger partial charge in [0.15, 0.2) is 5.82 Å². The molecule has 3 aromatic heterocycles. The van der Waals surface area contributed by atoms with Gasteiger partial charge in [-0.3, -0.25) is 14.8 Å². The molecule has 3 aliphatic rings. The third-order valence-electron chi connectivity index (χ3n) is 9.10. The van der Waals surface area contributed by atoms with Crippen molar-refractivity contribution in [2.75, 3.05) is 52.9 Å². The van der Waals surface area contributed by atoms with Gasteiger partial charge in [-0.15, -0.1) is 13.2 Å². The van der Waals surface area contributed by atoms with Crippen molar-refractivity contribution in [3.05, 3.63) is 122 Å². The first-order chi connectivity index (χ1) is 25.5. The molecular weight excluding hydrogens is 657 g/mol. The van der Waals surface area contributed by atoms with Crippen molar-refractivity contribution >= 4 is 33.3 Å². The zero-order valence-corrected chi connectivity index (χ0v) is 30.1. The maximum Gasteiger partial charge on any atom is 0.236 e. The summed E-state index contributed by atoms with van der Waals surface area (Å²) in [5, 5.41) is 9.24. The number of fused-ring (bicyclic) bond motifs is 2. The molecule has 52 heavy (non-hydrogen) atoms. The fourth-order valence-electron chi connectivity index (χ4n) is 6.35. The number of allylic oxidation sites excluding steroid dienone is 9. The van der Waals surface area contributed by atoms with Gasteiger partial charge in [-0.25, -0.2) is 24.3 Å². The SMILES string of the molecule is C=C.CC/C=C(F)\C=C/Cc1[nH]nc2cc3cncnc3cc12.CO[C@H]1CCN(CC(=O)N2CCN(C3=CCC=C(c4ncccn4)C=C3)CC2)C1. The number of nitrogens with one attached hydrogen (secondary N) is 1. The van der Waals surface area contributed by atoms with Crippen LogP contribution in [0, 0.1) is 0 Å². The normalized spacial score (nSPS) is 18.1. The molecule has 5 heterocycles. The van der Waals surface area contributed by atoms with Crippen LogP contribution in [0.4, 0.5) is 4.39 Å². The van der Waals surface area contributed by atoms with E-state index in [0.717, 1.165) is 91.0 Å². The highest BCUT2D eigenvalue weighted by Gasteiger charge is 2.27. The molecule has 11 nitrogen and oxygen atoms in total. The Balaban J connectivity index is 0.000000201. The minimum Gasteiger partial charge on any atom is -0.380 e. The highest BCUT2D eigenvalue weighted by atomic mass is 19.1. The number of amides is 1. The monoisotopic (exact) mass is 705 g/mol. The molecule has 1 N–H and O–H groups in total. The number of H-pyrrole nitrogens is 1. The minimum atomic E-state index is -0.209. The summed E-state index contributed by atoms with van der Waals surface area (Å²) in [7, 11) is 1.75. The Bertz CT molecular complexity index is 1930. The van der Waals surface area contributed by atoms with Crippen molar-refractivity contribution in [2.24, 2.45) is 0 Å². The third-order valence-corrected chi connectivity index (χ3v) is 9.10. The number of carbonyl (C=O) groups excluding carboxylic acids is 1. The second kappa shape index (κ2) is 19.3. The predicted molar refractivity (Wildman–Crippen MR) is 205 cm³/mol. The molecular formula is C40H48FN9O2. The van der Waals surface area contributed by atoms with Gasteiger partial charge in [0.25, 0.3) is 0 Å². The van der Waals surface area contributed by atoms with Gasteiger partial charge in [-0.05, 0) is 61.8 Å². The van der Waals surface area contributed by atoms with Gasteiger partial charge in [0.05, 0.1) is 23.7 Å². The molecule has 1 aliphatic carbocycles. The Morgan fingerprint density at radius 3 is 2.62 bits per heavy atom. The minimum absolute atomic E-state index is 0.209. The largest absolute Gasteiger partial charge is 0.380 e. The Morgan fingerprint density at radius 2 is 1.87 bits per heavy atom. The van der Waals surface area contributed by atoms with Crippen LogP contribution in [0.25, 0.3) is 27.4 Å². The molecule has 0 radical (unpaired) electrons. The molecule has 0 bridgehead atoms. The number of methoxy groups -OCH3 is 1. The van der Waals surface area contributed by atoms with E-state index in [1.54, 1.807) is 37.9 Å². The standard InChI is InChI=1S/C22H29N5O2.C16H15FN4.C2H4/c1-29-20-8-11-25(16-20)17-21(28)27-14-12-26(13-15-27)19-5-2-4-18(6-7-19)22-23-9-3-10-24-22;1-2-4-12(17)5-3-6-14-13-8-15-11(9-18-10-19-15)7-16(13)21-20-14;1-2/h3-7,9-10,20H,2,8,11-17H2,1H3;3-5,7-10H,2,6H2,1H3,(H,20,21);1-2H2/b;5-3-,12-4+;/t20-;;/m0../s1. The van der Waals surface area contributed by atoms with Crippen LogP contribution in [0.2, 0.25) is 0 Å². The lowest BCUT2D eigenvalue weighted by molar-refractivity contribution is -0.133. The smallest absolute Gasteiger partial charge is 0.236 e. The Kier molecular flexibility index (Phi) is 14.1. The van der Waals surface area contributed by atoms with Crippen LogP contribution in [-0.2, 0) is 16.0 Å². The van der Waals surface area contributed by atoms with Gasteiger partial charge >= 0.3 is 0 Å². The van der Waals surface area contributed by atoms with Crippen LogP contribution >= 0.6 is 0 Å². The topological polar surface area (TPSA) is 116 Å². The number of ether oxygens (including phenoxy) is 1. The fraction of sp³-hybridized carbons (Fsp3) is 0.350. The number of aromatic nitrogens is 6. The van der Waals surface area contributed by atoms with Crippen molar-refractivity contribution in [3.63, 3.8) is 0 Å². The summed E-state index contributed by atoms with van der Waals surface area (Å²) in [4.78, 5) is 36.2. The molecule has 1 aromatic carbocycles. The Morgan fingerprint density at radius 1 is 1.06 bits per heavy atom. The van der Waals surface area contributed by atoms with E-state index in [1.807, 2.05) is 30.0 Å². The van der Waals surface area contributed by atoms with E-state index in [0.29, 0.717) is 19.4 Å². The van der Waals surface area contributed by atoms with Gasteiger partial charge in [0, 0.05) is 99.1 Å². The number of likely N-dealkylation sites (tertiary alicyclic amines) is 1. The maximum atomic E-state index is 13.3. The van der Waals surface area contributed by atoms with E-state index in [2.05, 4.69) is 77.4 Å². The van der Waals surface area contributed by atoms with Crippen molar-refractivity contribution in [1.29, 1.82) is 0 Å². The van der Waals surface area contributed by atoms with E-state index in [-0.39, 0.29) is 17.8 Å². The quantitative estimate of drug-likeness (QED) is 0.160. The molecule has 0 saturated carbocycles. The number of rotatable bonds is 9. The highest BCUT2D eigenvalue weighted by Crippen LogP contribution is 2.23. The maximum absolute atomic E-state index is 13.3. The lowest BCUT2D eigenvalue weighted by atomic mass is 10.1. The number of carbonyl (C=O) groups is 1. The van der Waals surface area contributed by atoms with Crippen molar-refractivity contribution in [2.45, 2.75) is 38.7 Å². The summed E-state index contributed by atoms with van der Waals surface area (Å²) in [6.45, 7) is 13.5. The molecule has 2 fully saturated rings. The number of halogens is 1. The molecule has 7 rings (SSSR count). The van der Waals surface area contributed by atoms with E-state index in [1.165, 1.54) is 18.1 Å². The molecule has 272 valence electrons. The number of nitrogens with zero attached hydrogens (tertiary/aromatic N) is 8. The van der Waals surface area contributed by atoms with Gasteiger partial charge in [0.2, 0.25) is 5.91 Å². The number of hydrogen-bond donors (Lipinski definition) is 1. The zero-order chi connectivity index (χ0) is 36.7. The number of piperazine rings is 1. The van der Waals surface area contributed by atoms with Crippen molar-refractivity contribution < 1.29 is 13.9 Å². The van der Waals surface area contributed by atoms with Crippen molar-refractivity contribution in [1.82, 2.24) is 44.8 Å². The van der Waals surface area contributed by atoms with Crippen LogP contribution in [-0.4, -0.2) is 110 Å². The first-order valence-corrected chi connectivity index (χ1v) is 17.7. The third kappa shape index (κ3) is 10.1. The molecule has 0 spiro atoms. The van der Waals surface area contributed by atoms with Gasteiger partial charge in [-0.1, -0.05) is 25.2 Å². The Hall–Kier alpha value is -5.33. The van der Waals surface area contributed by atoms with Crippen molar-refractivity contribution in [3.8, 4) is 0 Å². The van der Waals surface area contributed by atoms with Crippen LogP contribution in [0.15, 0.2) is 110 Å². The van der Waals surface area contributed by atoms with Gasteiger partial charge in [0.1, 0.15) is 12.2 Å². The molecule has 4 aromatic rings. The molecule has 1 amide bonds. The summed E-state index contributed by atoms with van der Waals surface area (Å²) >= 11 is 0. The van der Waals surface area contributed by atoms with Gasteiger partial charge in [-0.2, -0.15) is 5.10 Å². The van der Waals surface area contributed by atoms with E-state index >= 15 is 0 Å². The average molecular weight is 706 g/mol. The first kappa shape index (κ1) is 37.9. The second-order valence-electron chi connectivity index (χ2n) is 12.4. The lowest BCUT2D eigenvalue weighted by Crippen LogP contribution is -2.50. The molecule has 1 atom stereocenters. The first-order valence-electron chi connectivity index (χ1n) is 17.7. The highest BCUT2D eigenvalue weighted by molar-refractivity contribution is 5.95. The molecule has 12 heteroatoms. The van der Waals surface area contributed by atoms with Crippen LogP contribution < -0.4 is 0 Å². The summed E-state index contributed by atoms with van der Waals surface area (Å²) in [6.07, 6.45) is 23.7. The number of aromatic amines is 1. The molecule has 2 saturated heterocycles. The second-order valence-corrected chi connectivity index (χ2v) is 12.4. The number of benzene rings is 1. The summed E-state index contributed by atoms with van der Waals surface area (Å²) in [5.74, 6) is 0.780. The van der Waals surface area contributed by atoms with E-state index in [9.17, 15) is 9.18 Å². The summed E-state index contributed by atoms with van der Waals surface area (Å²) < 4.78 is 18.7. The zero-order valence-electron chi connectivity index (χ0n) is 30.1. The molecule has 2 aliphatic heterocycles. The molecule has 0 unspecified atom stereocenters. The summed E-state index contributed by atoms with van der Waals surface area (Å²) in [6, 6.07) is 5.76. The predicted octanol–water partition coefficient (Wildman–Crippen LogP) is 6.24. The summed E-state index contributed by atoms with van der Waals surface area (Å²) in [5.41, 5.74) is 4.95. The number of hydrogen-bond acceptors (Lipinski definition) is 9. The van der Waals surface area contributed by atoms with Gasteiger partial charge < -0.3 is 14.5 Å². The lowest BCUT2D eigenvalue weighted by Gasteiger charge is -2.37.